The minimum absolute atomic E-state index is 0.0822. The molecule has 2 aromatic carbocycles. The zero-order valence-corrected chi connectivity index (χ0v) is 13.5. The van der Waals surface area contributed by atoms with E-state index in [4.69, 9.17) is 4.52 Å². The van der Waals surface area contributed by atoms with E-state index < -0.39 is 12.5 Å². The van der Waals surface area contributed by atoms with Crippen molar-refractivity contribution in [2.75, 3.05) is 0 Å². The summed E-state index contributed by atoms with van der Waals surface area (Å²) in [5.41, 5.74) is 0.395. The van der Waals surface area contributed by atoms with Crippen LogP contribution in [0.25, 0.3) is 0 Å². The molecule has 1 atom stereocenters. The lowest BCUT2D eigenvalue weighted by Gasteiger charge is -2.17. The van der Waals surface area contributed by atoms with Gasteiger partial charge in [0.1, 0.15) is 5.75 Å². The molecule has 1 unspecified atom stereocenters. The van der Waals surface area contributed by atoms with Gasteiger partial charge in [-0.1, -0.05) is 19.1 Å². The molecule has 2 rings (SSSR count). The fraction of sp³-hybridized carbons (Fsp3) is 0.143. The average Bonchev–Trinajstić information content (AvgIpc) is 2.47. The van der Waals surface area contributed by atoms with E-state index in [0.29, 0.717) is 16.9 Å². The zero-order valence-electron chi connectivity index (χ0n) is 11.7. The van der Waals surface area contributed by atoms with Crippen molar-refractivity contribution >= 4 is 31.2 Å². The van der Waals surface area contributed by atoms with Crippen LogP contribution in [0.3, 0.4) is 0 Å². The van der Waals surface area contributed by atoms with Crippen LogP contribution in [-0.2, 0) is 11.0 Å². The van der Waals surface area contributed by atoms with Crippen LogP contribution in [0.5, 0.6) is 5.75 Å². The van der Waals surface area contributed by atoms with Crippen molar-refractivity contribution in [2.45, 2.75) is 18.2 Å². The number of nitrogens with zero attached hydrogens (tertiary/aromatic N) is 1. The lowest BCUT2D eigenvalue weighted by molar-refractivity contribution is -0.384. The number of hydrogen-bond acceptors (Lipinski definition) is 5. The first-order chi connectivity index (χ1) is 10.3. The van der Waals surface area contributed by atoms with Gasteiger partial charge in [0, 0.05) is 22.6 Å². The van der Waals surface area contributed by atoms with E-state index in [9.17, 15) is 19.6 Å². The van der Waals surface area contributed by atoms with Crippen molar-refractivity contribution in [3.63, 3.8) is 0 Å². The van der Waals surface area contributed by atoms with Crippen molar-refractivity contribution in [2.24, 2.45) is 0 Å². The molecule has 6 nitrogen and oxygen atoms in total. The molecule has 22 heavy (non-hydrogen) atoms. The first-order valence-corrected chi connectivity index (χ1v) is 8.46. The van der Waals surface area contributed by atoms with Gasteiger partial charge < -0.3 is 9.42 Å². The van der Waals surface area contributed by atoms with Gasteiger partial charge in [0.25, 0.3) is 5.69 Å². The number of rotatable bonds is 5. The Morgan fingerprint density at radius 3 is 2.59 bits per heavy atom. The molecule has 0 aromatic heterocycles. The molecule has 0 fully saturated rings. The second-order valence-corrected chi connectivity index (χ2v) is 6.69. The molecule has 0 aliphatic heterocycles. The van der Waals surface area contributed by atoms with Gasteiger partial charge in [0.2, 0.25) is 0 Å². The quantitative estimate of drug-likeness (QED) is 0.377. The lowest BCUT2D eigenvalue weighted by atomic mass is 10.1. The van der Waals surface area contributed by atoms with E-state index in [0.717, 1.165) is 0 Å². The third-order valence-corrected chi connectivity index (χ3v) is 5.05. The maximum absolute atomic E-state index is 12.4. The van der Waals surface area contributed by atoms with Crippen LogP contribution in [0.15, 0.2) is 47.4 Å². The molecular weight excluding hydrogens is 325 g/mol. The molecular formula is C14H14NO5PS. The van der Waals surface area contributed by atoms with Crippen LogP contribution < -0.4 is 9.83 Å². The minimum Gasteiger partial charge on any atom is -0.421 e. The Balaban J connectivity index is 2.40. The number of nitro benzene ring substituents is 1. The number of nitro groups is 1. The van der Waals surface area contributed by atoms with Crippen molar-refractivity contribution in [3.8, 4) is 5.75 Å². The third-order valence-electron chi connectivity index (χ3n) is 3.04. The van der Waals surface area contributed by atoms with Gasteiger partial charge in [-0.15, -0.1) is 12.6 Å². The molecule has 0 saturated heterocycles. The van der Waals surface area contributed by atoms with Gasteiger partial charge >= 0.3 is 7.60 Å². The highest BCUT2D eigenvalue weighted by molar-refractivity contribution is 7.81. The Morgan fingerprint density at radius 1 is 1.32 bits per heavy atom. The second kappa shape index (κ2) is 6.52. The molecule has 0 amide bonds. The van der Waals surface area contributed by atoms with E-state index in [2.05, 4.69) is 12.6 Å². The van der Waals surface area contributed by atoms with Gasteiger partial charge in [-0.05, 0) is 24.6 Å². The summed E-state index contributed by atoms with van der Waals surface area (Å²) in [5.74, 6) is 0.149. The predicted molar refractivity (Wildman–Crippen MR) is 86.3 cm³/mol. The third kappa shape index (κ3) is 3.50. The molecule has 116 valence electrons. The first kappa shape index (κ1) is 16.5. The van der Waals surface area contributed by atoms with Crippen LogP contribution in [0.2, 0.25) is 0 Å². The Kier molecular flexibility index (Phi) is 4.90. The van der Waals surface area contributed by atoms with E-state index >= 15 is 0 Å². The van der Waals surface area contributed by atoms with Crippen LogP contribution >= 0.6 is 20.2 Å². The van der Waals surface area contributed by atoms with Crippen LogP contribution in [-0.4, -0.2) is 9.82 Å². The molecule has 0 heterocycles. The van der Waals surface area contributed by atoms with Gasteiger partial charge in [-0.25, -0.2) is 4.57 Å². The second-order valence-electron chi connectivity index (χ2n) is 4.50. The van der Waals surface area contributed by atoms with Gasteiger partial charge in [-0.3, -0.25) is 10.1 Å². The van der Waals surface area contributed by atoms with E-state index in [1.165, 1.54) is 24.3 Å². The summed E-state index contributed by atoms with van der Waals surface area (Å²) in [6.45, 7) is 1.78. The molecule has 8 heteroatoms. The van der Waals surface area contributed by atoms with Gasteiger partial charge in [0.05, 0.1) is 10.2 Å². The van der Waals surface area contributed by atoms with E-state index in [1.54, 1.807) is 25.1 Å². The fourth-order valence-electron chi connectivity index (χ4n) is 1.93. The molecule has 0 bridgehead atoms. The molecule has 0 radical (unpaired) electrons. The number of hydrogen-bond donors (Lipinski definition) is 2. The molecule has 2 aromatic rings. The largest absolute Gasteiger partial charge is 0.421 e. The zero-order chi connectivity index (χ0) is 16.3. The highest BCUT2D eigenvalue weighted by Gasteiger charge is 2.28. The van der Waals surface area contributed by atoms with Crippen LogP contribution in [0.1, 0.15) is 12.5 Å². The van der Waals surface area contributed by atoms with Crippen molar-refractivity contribution < 1.29 is 18.9 Å². The standard InChI is InChI=1S/C14H14NO5PS/c1-2-10-9-11(15(16)17)7-8-12(10)20-21(18,19)13-5-3-4-6-14(13)22/h3-9,22H,2H2,1H3,(H,18,19). The normalized spacial score (nSPS) is 13.4. The Morgan fingerprint density at radius 2 is 2.00 bits per heavy atom. The lowest BCUT2D eigenvalue weighted by Crippen LogP contribution is -2.11. The number of benzene rings is 2. The highest BCUT2D eigenvalue weighted by Crippen LogP contribution is 2.44. The summed E-state index contributed by atoms with van der Waals surface area (Å²) in [6.07, 6.45) is 0.430. The van der Waals surface area contributed by atoms with E-state index in [1.807, 2.05) is 0 Å². The van der Waals surface area contributed by atoms with Gasteiger partial charge in [-0.2, -0.15) is 0 Å². The molecule has 0 spiro atoms. The van der Waals surface area contributed by atoms with E-state index in [-0.39, 0.29) is 16.7 Å². The Hall–Kier alpha value is -1.82. The maximum atomic E-state index is 12.4. The molecule has 0 aliphatic carbocycles. The molecule has 1 N–H and O–H groups in total. The molecule has 0 aliphatic rings. The highest BCUT2D eigenvalue weighted by atomic mass is 32.1. The predicted octanol–water partition coefficient (Wildman–Crippen LogP) is 3.34. The maximum Gasteiger partial charge on any atom is 0.409 e. The summed E-state index contributed by atoms with van der Waals surface area (Å²) >= 11 is 4.15. The summed E-state index contributed by atoms with van der Waals surface area (Å²) in [4.78, 5) is 20.8. The summed E-state index contributed by atoms with van der Waals surface area (Å²) < 4.78 is 17.7. The number of non-ortho nitro benzene ring substituents is 1. The topological polar surface area (TPSA) is 89.7 Å². The Labute approximate surface area is 132 Å². The van der Waals surface area contributed by atoms with Gasteiger partial charge in [0.15, 0.2) is 0 Å². The van der Waals surface area contributed by atoms with Crippen molar-refractivity contribution in [3.05, 3.63) is 58.1 Å². The summed E-state index contributed by atoms with van der Waals surface area (Å²) in [6, 6.07) is 10.2. The van der Waals surface area contributed by atoms with Crippen molar-refractivity contribution in [1.82, 2.24) is 0 Å². The monoisotopic (exact) mass is 339 g/mol. The minimum atomic E-state index is -4.13. The number of thiol groups is 1. The number of aryl methyl sites for hydroxylation is 1. The fourth-order valence-corrected chi connectivity index (χ4v) is 3.65. The van der Waals surface area contributed by atoms with Crippen LogP contribution in [0, 0.1) is 10.1 Å². The smallest absolute Gasteiger partial charge is 0.409 e. The average molecular weight is 339 g/mol. The summed E-state index contributed by atoms with van der Waals surface area (Å²) in [7, 11) is -4.13. The first-order valence-electron chi connectivity index (χ1n) is 6.43. The molecule has 0 saturated carbocycles. The van der Waals surface area contributed by atoms with Crippen LogP contribution in [0.4, 0.5) is 5.69 Å². The van der Waals surface area contributed by atoms with Crippen molar-refractivity contribution in [1.29, 1.82) is 0 Å². The SMILES string of the molecule is CCc1cc([N+](=O)[O-])ccc1OP(=O)(O)c1ccccc1S. The summed E-state index contributed by atoms with van der Waals surface area (Å²) in [5, 5.41) is 10.9. The Bertz CT molecular complexity index is 765.